The summed E-state index contributed by atoms with van der Waals surface area (Å²) in [4.78, 5) is 0. The maximum Gasteiger partial charge on any atom is 0.116 e. The van der Waals surface area contributed by atoms with E-state index in [9.17, 15) is 20.4 Å². The summed E-state index contributed by atoms with van der Waals surface area (Å²) < 4.78 is 0. The Bertz CT molecular complexity index is 200. The third-order valence-electron chi connectivity index (χ3n) is 3.39. The van der Waals surface area contributed by atoms with Crippen LogP contribution in [0.2, 0.25) is 0 Å². The molecule has 1 aliphatic rings. The molecule has 0 aromatic rings. The van der Waals surface area contributed by atoms with Crippen LogP contribution in [-0.2, 0) is 0 Å². The highest BCUT2D eigenvalue weighted by Crippen LogP contribution is 2.36. The quantitative estimate of drug-likeness (QED) is 0.464. The van der Waals surface area contributed by atoms with E-state index < -0.39 is 23.9 Å². The second-order valence-electron chi connectivity index (χ2n) is 4.82. The molecule has 4 nitrogen and oxygen atoms in total. The minimum atomic E-state index is -1.61. The van der Waals surface area contributed by atoms with Gasteiger partial charge in [0.05, 0.1) is 12.2 Å². The predicted molar refractivity (Wildman–Crippen MR) is 51.6 cm³/mol. The van der Waals surface area contributed by atoms with Gasteiger partial charge in [0.2, 0.25) is 0 Å². The van der Waals surface area contributed by atoms with Crippen molar-refractivity contribution in [3.05, 3.63) is 0 Å². The molecule has 0 bridgehead atoms. The summed E-state index contributed by atoms with van der Waals surface area (Å²) in [5, 5.41) is 38.7. The van der Waals surface area contributed by atoms with Gasteiger partial charge in [-0.05, 0) is 25.2 Å². The van der Waals surface area contributed by atoms with Crippen LogP contribution in [0.4, 0.5) is 0 Å². The van der Waals surface area contributed by atoms with Gasteiger partial charge in [-0.15, -0.1) is 0 Å². The molecule has 4 heteroatoms. The van der Waals surface area contributed by atoms with Crippen molar-refractivity contribution in [2.75, 3.05) is 0 Å². The minimum Gasteiger partial charge on any atom is -0.390 e. The molecule has 1 aliphatic carbocycles. The zero-order valence-corrected chi connectivity index (χ0v) is 8.88. The second kappa shape index (κ2) is 3.77. The van der Waals surface area contributed by atoms with Crippen molar-refractivity contribution in [1.82, 2.24) is 0 Å². The normalized spacial score (nSPS) is 49.7. The Labute approximate surface area is 84.2 Å². The van der Waals surface area contributed by atoms with E-state index in [2.05, 4.69) is 0 Å². The van der Waals surface area contributed by atoms with E-state index in [0.717, 1.165) is 0 Å². The summed E-state index contributed by atoms with van der Waals surface area (Å²) in [7, 11) is 0. The fraction of sp³-hybridized carbons (Fsp3) is 1.00. The maximum absolute atomic E-state index is 9.74. The van der Waals surface area contributed by atoms with Crippen LogP contribution in [0.3, 0.4) is 0 Å². The molecular weight excluding hydrogens is 184 g/mol. The van der Waals surface area contributed by atoms with E-state index in [1.807, 2.05) is 13.8 Å². The van der Waals surface area contributed by atoms with E-state index in [1.54, 1.807) is 0 Å². The first-order chi connectivity index (χ1) is 6.28. The lowest BCUT2D eigenvalue weighted by atomic mass is 9.70. The maximum atomic E-state index is 9.74. The van der Waals surface area contributed by atoms with Crippen molar-refractivity contribution in [2.24, 2.45) is 11.8 Å². The lowest BCUT2D eigenvalue weighted by Crippen LogP contribution is -2.62. The van der Waals surface area contributed by atoms with Gasteiger partial charge < -0.3 is 20.4 Å². The highest BCUT2D eigenvalue weighted by Gasteiger charge is 2.50. The highest BCUT2D eigenvalue weighted by atomic mass is 16.4. The van der Waals surface area contributed by atoms with Crippen LogP contribution >= 0.6 is 0 Å². The molecule has 84 valence electrons. The Morgan fingerprint density at radius 2 is 1.71 bits per heavy atom. The summed E-state index contributed by atoms with van der Waals surface area (Å²) in [6, 6.07) is 0. The van der Waals surface area contributed by atoms with Crippen molar-refractivity contribution < 1.29 is 20.4 Å². The molecular formula is C10H20O4. The Hall–Kier alpha value is -0.160. The molecule has 4 N–H and O–H groups in total. The van der Waals surface area contributed by atoms with Crippen molar-refractivity contribution in [3.63, 3.8) is 0 Å². The zero-order valence-electron chi connectivity index (χ0n) is 8.88. The summed E-state index contributed by atoms with van der Waals surface area (Å²) in [5.74, 6) is 0.00521. The molecule has 0 aromatic heterocycles. The number of aliphatic hydroxyl groups is 4. The van der Waals surface area contributed by atoms with Crippen molar-refractivity contribution in [2.45, 2.75) is 51.1 Å². The van der Waals surface area contributed by atoms with Gasteiger partial charge in [-0.1, -0.05) is 13.8 Å². The topological polar surface area (TPSA) is 80.9 Å². The molecule has 5 atom stereocenters. The Balaban J connectivity index is 2.84. The van der Waals surface area contributed by atoms with Crippen LogP contribution in [0.1, 0.15) is 27.2 Å². The Kier molecular flexibility index (Phi) is 3.21. The molecule has 0 aliphatic heterocycles. The van der Waals surface area contributed by atoms with Gasteiger partial charge in [0.1, 0.15) is 11.7 Å². The van der Waals surface area contributed by atoms with Crippen molar-refractivity contribution >= 4 is 0 Å². The lowest BCUT2D eigenvalue weighted by Gasteiger charge is -2.46. The van der Waals surface area contributed by atoms with Crippen LogP contribution in [0.25, 0.3) is 0 Å². The highest BCUT2D eigenvalue weighted by molar-refractivity contribution is 5.01. The van der Waals surface area contributed by atoms with Gasteiger partial charge in [0.25, 0.3) is 0 Å². The molecule has 1 fully saturated rings. The fourth-order valence-electron chi connectivity index (χ4n) is 2.08. The van der Waals surface area contributed by atoms with E-state index in [4.69, 9.17) is 0 Å². The summed E-state index contributed by atoms with van der Waals surface area (Å²) in [6.07, 6.45) is -2.90. The first kappa shape index (κ1) is 11.9. The lowest BCUT2D eigenvalue weighted by molar-refractivity contribution is -0.214. The van der Waals surface area contributed by atoms with Gasteiger partial charge in [-0.2, -0.15) is 0 Å². The Morgan fingerprint density at radius 1 is 1.21 bits per heavy atom. The standard InChI is InChI=1S/C10H20O4/c1-5(2)6-4-7(11)10(3,14)9(13)8(6)12/h5-9,11-14H,4H2,1-3H3/t6-,7-,8+,9+,10+/m0/s1. The number of hydrogen-bond donors (Lipinski definition) is 4. The predicted octanol–water partition coefficient (Wildman–Crippen LogP) is -0.504. The number of aliphatic hydroxyl groups excluding tert-OH is 3. The summed E-state index contributed by atoms with van der Waals surface area (Å²) in [5.41, 5.74) is -1.61. The molecule has 0 aromatic carbocycles. The van der Waals surface area contributed by atoms with Crippen LogP contribution in [0, 0.1) is 11.8 Å². The zero-order chi connectivity index (χ0) is 11.1. The summed E-state index contributed by atoms with van der Waals surface area (Å²) >= 11 is 0. The molecule has 0 saturated heterocycles. The van der Waals surface area contributed by atoms with E-state index in [-0.39, 0.29) is 11.8 Å². The smallest absolute Gasteiger partial charge is 0.116 e. The first-order valence-electron chi connectivity index (χ1n) is 5.05. The average molecular weight is 204 g/mol. The average Bonchev–Trinajstić information content (AvgIpc) is 2.08. The molecule has 14 heavy (non-hydrogen) atoms. The molecule has 0 unspecified atom stereocenters. The monoisotopic (exact) mass is 204 g/mol. The summed E-state index contributed by atoms with van der Waals surface area (Å²) in [6.45, 7) is 5.20. The van der Waals surface area contributed by atoms with Gasteiger partial charge in [-0.3, -0.25) is 0 Å². The molecule has 0 heterocycles. The first-order valence-corrected chi connectivity index (χ1v) is 5.05. The van der Waals surface area contributed by atoms with Gasteiger partial charge >= 0.3 is 0 Å². The molecule has 1 rings (SSSR count). The van der Waals surface area contributed by atoms with Crippen LogP contribution in [0.5, 0.6) is 0 Å². The van der Waals surface area contributed by atoms with Crippen LogP contribution < -0.4 is 0 Å². The number of hydrogen-bond acceptors (Lipinski definition) is 4. The SMILES string of the molecule is CC(C)[C@@H]1C[C@H](O)[C@@](C)(O)[C@H](O)[C@@H]1O. The largest absolute Gasteiger partial charge is 0.390 e. The molecule has 1 saturated carbocycles. The van der Waals surface area contributed by atoms with E-state index >= 15 is 0 Å². The van der Waals surface area contributed by atoms with E-state index in [0.29, 0.717) is 6.42 Å². The van der Waals surface area contributed by atoms with Gasteiger partial charge in [-0.25, -0.2) is 0 Å². The number of rotatable bonds is 1. The molecule has 0 amide bonds. The molecule has 0 spiro atoms. The van der Waals surface area contributed by atoms with Crippen LogP contribution in [-0.4, -0.2) is 44.3 Å². The van der Waals surface area contributed by atoms with Gasteiger partial charge in [0, 0.05) is 0 Å². The molecule has 0 radical (unpaired) electrons. The van der Waals surface area contributed by atoms with E-state index in [1.165, 1.54) is 6.92 Å². The minimum absolute atomic E-state index is 0.166. The second-order valence-corrected chi connectivity index (χ2v) is 4.82. The van der Waals surface area contributed by atoms with Gasteiger partial charge in [0.15, 0.2) is 0 Å². The third kappa shape index (κ3) is 1.80. The van der Waals surface area contributed by atoms with Crippen molar-refractivity contribution in [1.29, 1.82) is 0 Å². The van der Waals surface area contributed by atoms with Crippen molar-refractivity contribution in [3.8, 4) is 0 Å². The third-order valence-corrected chi connectivity index (χ3v) is 3.39. The van der Waals surface area contributed by atoms with Crippen LogP contribution in [0.15, 0.2) is 0 Å². The fourth-order valence-corrected chi connectivity index (χ4v) is 2.08. The Morgan fingerprint density at radius 3 is 2.14 bits per heavy atom.